The maximum Gasteiger partial charge on any atom is 0.322 e. The van der Waals surface area contributed by atoms with Crippen molar-refractivity contribution in [2.24, 2.45) is 0 Å². The number of urea groups is 1. The summed E-state index contributed by atoms with van der Waals surface area (Å²) in [7, 11) is 1.58. The Morgan fingerprint density at radius 1 is 1.28 bits per heavy atom. The summed E-state index contributed by atoms with van der Waals surface area (Å²) in [6, 6.07) is 7.97. The van der Waals surface area contributed by atoms with E-state index < -0.39 is 0 Å². The number of benzene rings is 1. The van der Waals surface area contributed by atoms with Gasteiger partial charge in [0.1, 0.15) is 5.75 Å². The van der Waals surface area contributed by atoms with Gasteiger partial charge in [0.05, 0.1) is 18.8 Å². The normalized spacial score (nSPS) is 25.0. The van der Waals surface area contributed by atoms with Crippen molar-refractivity contribution in [2.75, 3.05) is 12.4 Å². The van der Waals surface area contributed by atoms with E-state index in [0.717, 1.165) is 25.7 Å². The van der Waals surface area contributed by atoms with Crippen LogP contribution in [-0.2, 0) is 0 Å². The average Bonchev–Trinajstić information content (AvgIpc) is 3.22. The summed E-state index contributed by atoms with van der Waals surface area (Å²) < 4.78 is 7.35. The van der Waals surface area contributed by atoms with E-state index in [1.165, 1.54) is 0 Å². The number of methoxy groups -OCH3 is 1. The monoisotopic (exact) mass is 360 g/mol. The Balaban J connectivity index is 1.50. The summed E-state index contributed by atoms with van der Waals surface area (Å²) in [6.07, 6.45) is 7.80. The van der Waals surface area contributed by atoms with Crippen LogP contribution in [0.15, 0.2) is 36.7 Å². The molecule has 0 spiro atoms. The summed E-state index contributed by atoms with van der Waals surface area (Å²) in [5.41, 5.74) is 0.605. The summed E-state index contributed by atoms with van der Waals surface area (Å²) in [5.74, 6) is 0.608. The molecule has 4 rings (SSSR count). The molecule has 1 N–H and O–H groups in total. The van der Waals surface area contributed by atoms with E-state index in [4.69, 9.17) is 16.3 Å². The first-order valence-corrected chi connectivity index (χ1v) is 8.95. The van der Waals surface area contributed by atoms with Gasteiger partial charge in [-0.15, -0.1) is 0 Å². The molecule has 2 amide bonds. The number of halogens is 1. The quantitative estimate of drug-likeness (QED) is 0.901. The third-order valence-corrected chi connectivity index (χ3v) is 5.48. The second-order valence-corrected chi connectivity index (χ2v) is 7.11. The third-order valence-electron chi connectivity index (χ3n) is 5.24. The topological polar surface area (TPSA) is 59.4 Å². The molecule has 1 aromatic carbocycles. The van der Waals surface area contributed by atoms with Crippen molar-refractivity contribution in [3.63, 3.8) is 0 Å². The number of hydrogen-bond donors (Lipinski definition) is 1. The molecule has 2 bridgehead atoms. The van der Waals surface area contributed by atoms with Crippen LogP contribution in [0.4, 0.5) is 10.5 Å². The Bertz CT molecular complexity index is 750. The number of anilines is 1. The van der Waals surface area contributed by atoms with Crippen LogP contribution in [0.5, 0.6) is 5.75 Å². The van der Waals surface area contributed by atoms with E-state index in [2.05, 4.69) is 10.4 Å². The second kappa shape index (κ2) is 6.59. The fourth-order valence-electron chi connectivity index (χ4n) is 4.15. The average molecular weight is 361 g/mol. The van der Waals surface area contributed by atoms with Crippen LogP contribution in [0.25, 0.3) is 0 Å². The van der Waals surface area contributed by atoms with Gasteiger partial charge in [-0.3, -0.25) is 4.68 Å². The van der Waals surface area contributed by atoms with E-state index in [1.807, 2.05) is 28.0 Å². The van der Waals surface area contributed by atoms with Crippen LogP contribution in [0, 0.1) is 0 Å². The van der Waals surface area contributed by atoms with Crippen molar-refractivity contribution in [1.82, 2.24) is 14.7 Å². The fraction of sp³-hybridized carbons (Fsp3) is 0.444. The van der Waals surface area contributed by atoms with Crippen LogP contribution in [0.2, 0.25) is 5.02 Å². The Morgan fingerprint density at radius 3 is 2.68 bits per heavy atom. The maximum absolute atomic E-state index is 12.9. The molecular formula is C18H21ClN4O2. The highest BCUT2D eigenvalue weighted by Gasteiger charge is 2.44. The molecule has 7 heteroatoms. The Hall–Kier alpha value is -2.21. The largest absolute Gasteiger partial charge is 0.495 e. The minimum Gasteiger partial charge on any atom is -0.495 e. The lowest BCUT2D eigenvalue weighted by atomic mass is 9.98. The molecule has 2 saturated heterocycles. The van der Waals surface area contributed by atoms with Gasteiger partial charge in [0, 0.05) is 29.5 Å². The molecule has 2 fully saturated rings. The molecule has 132 valence electrons. The van der Waals surface area contributed by atoms with Gasteiger partial charge in [-0.1, -0.05) is 11.6 Å². The molecule has 2 atom stereocenters. The lowest BCUT2D eigenvalue weighted by molar-refractivity contribution is 0.129. The molecule has 2 unspecified atom stereocenters. The van der Waals surface area contributed by atoms with Crippen LogP contribution in [-0.4, -0.2) is 39.9 Å². The van der Waals surface area contributed by atoms with Crippen molar-refractivity contribution in [3.05, 3.63) is 41.7 Å². The lowest BCUT2D eigenvalue weighted by Gasteiger charge is -2.39. The van der Waals surface area contributed by atoms with Crippen molar-refractivity contribution in [3.8, 4) is 5.75 Å². The molecule has 6 nitrogen and oxygen atoms in total. The predicted molar refractivity (Wildman–Crippen MR) is 96.2 cm³/mol. The Labute approximate surface area is 151 Å². The number of nitrogens with zero attached hydrogens (tertiary/aromatic N) is 3. The fourth-order valence-corrected chi connectivity index (χ4v) is 4.32. The van der Waals surface area contributed by atoms with Gasteiger partial charge in [-0.25, -0.2) is 4.79 Å². The lowest BCUT2D eigenvalue weighted by Crippen LogP contribution is -2.48. The van der Waals surface area contributed by atoms with E-state index in [1.54, 1.807) is 25.3 Å². The number of carbonyl (C=O) groups is 1. The first-order valence-electron chi connectivity index (χ1n) is 8.57. The highest BCUT2D eigenvalue weighted by atomic mass is 35.5. The molecule has 0 radical (unpaired) electrons. The van der Waals surface area contributed by atoms with Gasteiger partial charge in [0.2, 0.25) is 0 Å². The number of amides is 2. The second-order valence-electron chi connectivity index (χ2n) is 6.68. The van der Waals surface area contributed by atoms with Crippen molar-refractivity contribution in [1.29, 1.82) is 0 Å². The molecular weight excluding hydrogens is 340 g/mol. The van der Waals surface area contributed by atoms with Gasteiger partial charge in [0.25, 0.3) is 0 Å². The SMILES string of the molecule is COc1ccc(Cl)cc1NC(=O)N1C2CCC1CC(n1cccn1)C2. The summed E-state index contributed by atoms with van der Waals surface area (Å²) in [5, 5.41) is 7.92. The van der Waals surface area contributed by atoms with Crippen molar-refractivity contribution >= 4 is 23.3 Å². The first-order chi connectivity index (χ1) is 12.2. The number of fused-ring (bicyclic) bond motifs is 2. The van der Waals surface area contributed by atoms with Crippen molar-refractivity contribution < 1.29 is 9.53 Å². The van der Waals surface area contributed by atoms with Crippen LogP contribution < -0.4 is 10.1 Å². The molecule has 2 aliphatic rings. The molecule has 2 aromatic rings. The van der Waals surface area contributed by atoms with E-state index in [9.17, 15) is 4.79 Å². The van der Waals surface area contributed by atoms with Gasteiger partial charge < -0.3 is 15.0 Å². The molecule has 25 heavy (non-hydrogen) atoms. The predicted octanol–water partition coefficient (Wildman–Crippen LogP) is 3.95. The molecule has 3 heterocycles. The van der Waals surface area contributed by atoms with Crippen molar-refractivity contribution in [2.45, 2.75) is 43.8 Å². The Kier molecular flexibility index (Phi) is 4.29. The van der Waals surface area contributed by atoms with Gasteiger partial charge in [0.15, 0.2) is 0 Å². The number of carbonyl (C=O) groups excluding carboxylic acids is 1. The van der Waals surface area contributed by atoms with Gasteiger partial charge in [-0.2, -0.15) is 5.10 Å². The number of ether oxygens (including phenoxy) is 1. The zero-order valence-electron chi connectivity index (χ0n) is 14.1. The number of nitrogens with one attached hydrogen (secondary N) is 1. The molecule has 0 aliphatic carbocycles. The summed E-state index contributed by atoms with van der Waals surface area (Å²) in [4.78, 5) is 14.9. The zero-order chi connectivity index (χ0) is 17.4. The van der Waals surface area contributed by atoms with Gasteiger partial charge >= 0.3 is 6.03 Å². The zero-order valence-corrected chi connectivity index (χ0v) is 14.8. The highest BCUT2D eigenvalue weighted by molar-refractivity contribution is 6.31. The molecule has 2 aliphatic heterocycles. The van der Waals surface area contributed by atoms with Crippen LogP contribution in [0.1, 0.15) is 31.7 Å². The highest BCUT2D eigenvalue weighted by Crippen LogP contribution is 2.41. The minimum atomic E-state index is -0.0769. The van der Waals surface area contributed by atoms with Crippen LogP contribution in [0.3, 0.4) is 0 Å². The van der Waals surface area contributed by atoms with E-state index >= 15 is 0 Å². The van der Waals surface area contributed by atoms with E-state index in [-0.39, 0.29) is 18.1 Å². The van der Waals surface area contributed by atoms with E-state index in [0.29, 0.717) is 22.5 Å². The van der Waals surface area contributed by atoms with Crippen LogP contribution >= 0.6 is 11.6 Å². The summed E-state index contributed by atoms with van der Waals surface area (Å²) >= 11 is 6.06. The molecule has 1 aromatic heterocycles. The molecule has 0 saturated carbocycles. The number of rotatable bonds is 3. The number of aromatic nitrogens is 2. The summed E-state index contributed by atoms with van der Waals surface area (Å²) in [6.45, 7) is 0. The minimum absolute atomic E-state index is 0.0769. The smallest absolute Gasteiger partial charge is 0.322 e. The number of hydrogen-bond acceptors (Lipinski definition) is 3. The first kappa shape index (κ1) is 16.3. The third kappa shape index (κ3) is 3.06. The Morgan fingerprint density at radius 2 is 2.04 bits per heavy atom. The number of piperidine rings is 1. The maximum atomic E-state index is 12.9. The standard InChI is InChI=1S/C18H21ClN4O2/c1-25-17-6-3-12(19)9-16(17)21-18(24)23-13-4-5-14(23)11-15(10-13)22-8-2-7-20-22/h2-3,6-9,13-15H,4-5,10-11H2,1H3,(H,21,24). The van der Waals surface area contributed by atoms with Gasteiger partial charge in [-0.05, 0) is 49.9 Å².